The molecule has 0 aromatic heterocycles. The van der Waals surface area contributed by atoms with Crippen molar-refractivity contribution in [2.24, 2.45) is 17.8 Å². The van der Waals surface area contributed by atoms with Gasteiger partial charge in [0.15, 0.2) is 0 Å². The van der Waals surface area contributed by atoms with E-state index in [2.05, 4.69) is 6.92 Å². The zero-order chi connectivity index (χ0) is 24.1. The Balaban J connectivity index is 1.26. The summed E-state index contributed by atoms with van der Waals surface area (Å²) in [5.74, 6) is 0.905. The summed E-state index contributed by atoms with van der Waals surface area (Å²) in [5.41, 5.74) is 1.38. The van der Waals surface area contributed by atoms with Crippen molar-refractivity contribution in [3.63, 3.8) is 0 Å². The lowest BCUT2D eigenvalue weighted by Crippen LogP contribution is -2.18. The van der Waals surface area contributed by atoms with Gasteiger partial charge in [-0.3, -0.25) is 0 Å². The third-order valence-corrected chi connectivity index (χ3v) is 8.88. The summed E-state index contributed by atoms with van der Waals surface area (Å²) < 4.78 is 42.5. The maximum absolute atomic E-state index is 14.9. The number of halogens is 4. The zero-order valence-electron chi connectivity index (χ0n) is 20.4. The van der Waals surface area contributed by atoms with E-state index >= 15 is 0 Å². The van der Waals surface area contributed by atoms with Crippen molar-refractivity contribution in [2.45, 2.75) is 96.3 Å². The Labute approximate surface area is 208 Å². The molecule has 2 fully saturated rings. The smallest absolute Gasteiger partial charge is 0.145 e. The van der Waals surface area contributed by atoms with Gasteiger partial charge in [-0.25, -0.2) is 13.2 Å². The van der Waals surface area contributed by atoms with Crippen LogP contribution in [-0.2, 0) is 0 Å². The Morgan fingerprint density at radius 1 is 0.706 bits per heavy atom. The molecule has 0 nitrogen and oxygen atoms in total. The van der Waals surface area contributed by atoms with Gasteiger partial charge in [0.2, 0.25) is 0 Å². The molecule has 2 aromatic carbocycles. The molecule has 2 aliphatic carbocycles. The third kappa shape index (κ3) is 6.39. The second-order valence-electron chi connectivity index (χ2n) is 10.8. The minimum atomic E-state index is -0.872. The lowest BCUT2D eigenvalue weighted by atomic mass is 9.74. The summed E-state index contributed by atoms with van der Waals surface area (Å²) in [4.78, 5) is 0. The third-order valence-electron chi connectivity index (χ3n) is 8.52. The molecular weight excluding hydrogens is 453 g/mol. The van der Waals surface area contributed by atoms with Crippen LogP contribution in [0.4, 0.5) is 13.2 Å². The van der Waals surface area contributed by atoms with Gasteiger partial charge in [0, 0.05) is 5.56 Å². The van der Waals surface area contributed by atoms with Crippen LogP contribution in [0.3, 0.4) is 0 Å². The van der Waals surface area contributed by atoms with Gasteiger partial charge >= 0.3 is 0 Å². The van der Waals surface area contributed by atoms with Gasteiger partial charge in [0.25, 0.3) is 0 Å². The van der Waals surface area contributed by atoms with E-state index in [1.165, 1.54) is 70.6 Å². The number of unbranched alkanes of at least 4 members (excludes halogenated alkanes) is 1. The standard InChI is InChI=1S/C30H38ClF3/c1-2-3-4-20-5-7-21(8-6-20)9-10-22-11-13-23(14-12-22)24-15-16-26(27(32)17-24)25-18-28(33)30(31)29(34)19-25/h15-23H,2-14H2,1H3/t20-,21-,22?,23?. The van der Waals surface area contributed by atoms with Crippen LogP contribution in [-0.4, -0.2) is 0 Å². The van der Waals surface area contributed by atoms with E-state index in [4.69, 9.17) is 11.6 Å². The average Bonchev–Trinajstić information content (AvgIpc) is 2.85. The second-order valence-corrected chi connectivity index (χ2v) is 11.2. The van der Waals surface area contributed by atoms with Crippen molar-refractivity contribution in [1.29, 1.82) is 0 Å². The van der Waals surface area contributed by atoms with E-state index in [-0.39, 0.29) is 11.1 Å². The van der Waals surface area contributed by atoms with Crippen molar-refractivity contribution >= 4 is 11.6 Å². The van der Waals surface area contributed by atoms with Crippen LogP contribution < -0.4 is 0 Å². The lowest BCUT2D eigenvalue weighted by Gasteiger charge is -2.32. The summed E-state index contributed by atoms with van der Waals surface area (Å²) in [5, 5.41) is -0.558. The second kappa shape index (κ2) is 12.0. The van der Waals surface area contributed by atoms with Crippen LogP contribution in [0.25, 0.3) is 11.1 Å². The SMILES string of the molecule is CCCC[C@H]1CC[C@H](CCC2CCC(c3ccc(-c4cc(F)c(Cl)c(F)c4)c(F)c3)CC2)CC1. The van der Waals surface area contributed by atoms with E-state index in [0.29, 0.717) is 5.92 Å². The number of hydrogen-bond acceptors (Lipinski definition) is 0. The molecule has 0 heterocycles. The molecular formula is C30H38ClF3. The van der Waals surface area contributed by atoms with E-state index in [9.17, 15) is 13.2 Å². The molecule has 2 aromatic rings. The predicted molar refractivity (Wildman–Crippen MR) is 136 cm³/mol. The Kier molecular flexibility index (Phi) is 9.02. The molecule has 0 radical (unpaired) electrons. The van der Waals surface area contributed by atoms with Crippen molar-refractivity contribution in [1.82, 2.24) is 0 Å². The van der Waals surface area contributed by atoms with E-state index in [1.807, 2.05) is 6.07 Å². The van der Waals surface area contributed by atoms with E-state index < -0.39 is 22.5 Å². The largest absolute Gasteiger partial charge is 0.206 e. The summed E-state index contributed by atoms with van der Waals surface area (Å²) in [6.07, 6.45) is 17.2. The van der Waals surface area contributed by atoms with Gasteiger partial charge in [0.05, 0.1) is 0 Å². The van der Waals surface area contributed by atoms with Gasteiger partial charge < -0.3 is 0 Å². The normalized spacial score (nSPS) is 25.4. The van der Waals surface area contributed by atoms with Crippen LogP contribution in [0.1, 0.15) is 102 Å². The molecule has 4 rings (SSSR count). The van der Waals surface area contributed by atoms with Crippen LogP contribution in [0.15, 0.2) is 30.3 Å². The summed E-state index contributed by atoms with van der Waals surface area (Å²) in [6.45, 7) is 2.29. The molecule has 34 heavy (non-hydrogen) atoms. The van der Waals surface area contributed by atoms with Gasteiger partial charge in [-0.15, -0.1) is 0 Å². The fourth-order valence-corrected chi connectivity index (χ4v) is 6.40. The molecule has 186 valence electrons. The summed E-state index contributed by atoms with van der Waals surface area (Å²) >= 11 is 5.56. The van der Waals surface area contributed by atoms with Crippen molar-refractivity contribution in [3.05, 3.63) is 58.4 Å². The van der Waals surface area contributed by atoms with Crippen LogP contribution in [0.2, 0.25) is 5.02 Å². The molecule has 0 atom stereocenters. The molecule has 0 unspecified atom stereocenters. The van der Waals surface area contributed by atoms with Crippen molar-refractivity contribution in [3.8, 4) is 11.1 Å². The maximum atomic E-state index is 14.9. The molecule has 2 aliphatic rings. The fraction of sp³-hybridized carbons (Fsp3) is 0.600. The van der Waals surface area contributed by atoms with Gasteiger partial charge in [-0.05, 0) is 78.7 Å². The Morgan fingerprint density at radius 2 is 1.24 bits per heavy atom. The lowest BCUT2D eigenvalue weighted by molar-refractivity contribution is 0.222. The Bertz CT molecular complexity index is 917. The summed E-state index contributed by atoms with van der Waals surface area (Å²) in [6, 6.07) is 7.31. The first-order valence-corrected chi connectivity index (χ1v) is 13.8. The molecule has 0 aliphatic heterocycles. The zero-order valence-corrected chi connectivity index (χ0v) is 21.2. The molecule has 4 heteroatoms. The first kappa shape index (κ1) is 25.6. The number of rotatable bonds is 8. The van der Waals surface area contributed by atoms with Gasteiger partial charge in [0.1, 0.15) is 22.5 Å². The average molecular weight is 491 g/mol. The van der Waals surface area contributed by atoms with Crippen molar-refractivity contribution in [2.75, 3.05) is 0 Å². The minimum absolute atomic E-state index is 0.173. The Morgan fingerprint density at radius 3 is 1.76 bits per heavy atom. The molecule has 0 spiro atoms. The van der Waals surface area contributed by atoms with Gasteiger partial charge in [-0.2, -0.15) is 0 Å². The number of hydrogen-bond donors (Lipinski definition) is 0. The maximum Gasteiger partial charge on any atom is 0.145 e. The highest BCUT2D eigenvalue weighted by Crippen LogP contribution is 2.41. The fourth-order valence-electron chi connectivity index (χ4n) is 6.29. The molecule has 0 saturated heterocycles. The van der Waals surface area contributed by atoms with Crippen LogP contribution in [0, 0.1) is 35.2 Å². The monoisotopic (exact) mass is 490 g/mol. The Hall–Kier alpha value is -1.48. The molecule has 0 bridgehead atoms. The highest BCUT2D eigenvalue weighted by atomic mass is 35.5. The molecule has 2 saturated carbocycles. The van der Waals surface area contributed by atoms with Crippen molar-refractivity contribution < 1.29 is 13.2 Å². The molecule has 0 amide bonds. The first-order chi connectivity index (χ1) is 16.4. The van der Waals surface area contributed by atoms with Crippen LogP contribution >= 0.6 is 11.6 Å². The summed E-state index contributed by atoms with van der Waals surface area (Å²) in [7, 11) is 0. The topological polar surface area (TPSA) is 0 Å². The van der Waals surface area contributed by atoms with E-state index in [1.54, 1.807) is 12.1 Å². The quantitative estimate of drug-likeness (QED) is 0.323. The van der Waals surface area contributed by atoms with E-state index in [0.717, 1.165) is 48.3 Å². The first-order valence-electron chi connectivity index (χ1n) is 13.4. The minimum Gasteiger partial charge on any atom is -0.206 e. The highest BCUT2D eigenvalue weighted by Gasteiger charge is 2.26. The van der Waals surface area contributed by atoms with Gasteiger partial charge in [-0.1, -0.05) is 88.4 Å². The number of benzene rings is 2. The highest BCUT2D eigenvalue weighted by molar-refractivity contribution is 6.31. The molecule has 0 N–H and O–H groups in total. The van der Waals surface area contributed by atoms with Crippen LogP contribution in [0.5, 0.6) is 0 Å². The predicted octanol–water partition coefficient (Wildman–Crippen LogP) is 10.5.